The Morgan fingerprint density at radius 3 is 2.26 bits per heavy atom. The van der Waals surface area contributed by atoms with Crippen molar-refractivity contribution in [3.8, 4) is 11.1 Å². The van der Waals surface area contributed by atoms with Gasteiger partial charge in [-0.25, -0.2) is 0 Å². The SMILES string of the molecule is c1ccc(N(c2cccc(-c3ccc4c(c3)sc3c5cnccc5ccc43)c2)c2ccc3oc4ccccc4c3c2)cc1. The van der Waals surface area contributed by atoms with Crippen LogP contribution in [0.5, 0.6) is 0 Å². The van der Waals surface area contributed by atoms with Gasteiger partial charge in [0.05, 0.1) is 0 Å². The first-order chi connectivity index (χ1) is 21.3. The van der Waals surface area contributed by atoms with Gasteiger partial charge in [-0.15, -0.1) is 11.3 Å². The zero-order valence-corrected chi connectivity index (χ0v) is 23.9. The van der Waals surface area contributed by atoms with Crippen LogP contribution in [0.25, 0.3) is 64.0 Å². The zero-order valence-electron chi connectivity index (χ0n) is 23.1. The summed E-state index contributed by atoms with van der Waals surface area (Å²) in [4.78, 5) is 6.72. The van der Waals surface area contributed by atoms with Crippen molar-refractivity contribution >= 4 is 81.3 Å². The molecule has 9 rings (SSSR count). The molecule has 0 amide bonds. The fourth-order valence-electron chi connectivity index (χ4n) is 6.28. The van der Waals surface area contributed by atoms with E-state index < -0.39 is 0 Å². The molecule has 0 fully saturated rings. The second-order valence-electron chi connectivity index (χ2n) is 10.9. The molecule has 0 saturated heterocycles. The molecule has 0 N–H and O–H groups in total. The van der Waals surface area contributed by atoms with Gasteiger partial charge in [-0.2, -0.15) is 0 Å². The third-order valence-electron chi connectivity index (χ3n) is 8.33. The van der Waals surface area contributed by atoms with E-state index >= 15 is 0 Å². The summed E-state index contributed by atoms with van der Waals surface area (Å²) in [6.07, 6.45) is 3.85. The van der Waals surface area contributed by atoms with E-state index in [-0.39, 0.29) is 0 Å². The average Bonchev–Trinajstić information content (AvgIpc) is 3.63. The van der Waals surface area contributed by atoms with E-state index in [2.05, 4.69) is 131 Å². The number of para-hydroxylation sites is 2. The predicted molar refractivity (Wildman–Crippen MR) is 182 cm³/mol. The maximum absolute atomic E-state index is 6.14. The molecule has 9 aromatic rings. The molecule has 0 aliphatic rings. The van der Waals surface area contributed by atoms with E-state index in [1.807, 2.05) is 35.9 Å². The number of pyridine rings is 1. The van der Waals surface area contributed by atoms with Gasteiger partial charge in [-0.3, -0.25) is 4.98 Å². The molecule has 6 aromatic carbocycles. The molecular weight excluding hydrogens is 545 g/mol. The van der Waals surface area contributed by atoms with Gasteiger partial charge >= 0.3 is 0 Å². The van der Waals surface area contributed by atoms with E-state index in [9.17, 15) is 0 Å². The quantitative estimate of drug-likeness (QED) is 0.211. The van der Waals surface area contributed by atoms with Crippen LogP contribution in [0.2, 0.25) is 0 Å². The lowest BCUT2D eigenvalue weighted by Gasteiger charge is -2.26. The molecule has 4 heteroatoms. The molecule has 43 heavy (non-hydrogen) atoms. The van der Waals surface area contributed by atoms with Crippen LogP contribution in [0.15, 0.2) is 150 Å². The first-order valence-corrected chi connectivity index (χ1v) is 15.2. The minimum Gasteiger partial charge on any atom is -0.456 e. The smallest absolute Gasteiger partial charge is 0.135 e. The molecule has 0 saturated carbocycles. The molecule has 0 spiro atoms. The number of hydrogen-bond donors (Lipinski definition) is 0. The Morgan fingerprint density at radius 2 is 1.30 bits per heavy atom. The standard InChI is InChI=1S/C39H24N2OS/c1-2-8-28(9-3-1)41(30-15-18-37-34(23-30)31-11-4-5-12-36(31)42-37)29-10-6-7-26(21-29)27-14-16-32-33-17-13-25-19-20-40-24-35(25)39(33)43-38(32)22-27/h1-24H. The van der Waals surface area contributed by atoms with Crippen molar-refractivity contribution in [2.75, 3.05) is 4.90 Å². The third kappa shape index (κ3) is 3.92. The summed E-state index contributed by atoms with van der Waals surface area (Å²) in [6, 6.07) is 47.5. The van der Waals surface area contributed by atoms with E-state index in [1.54, 1.807) is 0 Å². The van der Waals surface area contributed by atoms with Crippen molar-refractivity contribution in [2.24, 2.45) is 0 Å². The third-order valence-corrected chi connectivity index (χ3v) is 9.53. The van der Waals surface area contributed by atoms with E-state index in [0.29, 0.717) is 0 Å². The number of fused-ring (bicyclic) bond motifs is 8. The molecule has 0 atom stereocenters. The van der Waals surface area contributed by atoms with Gasteiger partial charge in [0.15, 0.2) is 0 Å². The lowest BCUT2D eigenvalue weighted by molar-refractivity contribution is 0.669. The summed E-state index contributed by atoms with van der Waals surface area (Å²) in [5.41, 5.74) is 7.47. The molecule has 0 bridgehead atoms. The predicted octanol–water partition coefficient (Wildman–Crippen LogP) is 11.6. The van der Waals surface area contributed by atoms with Crippen molar-refractivity contribution < 1.29 is 4.42 Å². The molecule has 3 nitrogen and oxygen atoms in total. The Morgan fingerprint density at radius 1 is 0.512 bits per heavy atom. The summed E-state index contributed by atoms with van der Waals surface area (Å²) < 4.78 is 8.71. The summed E-state index contributed by atoms with van der Waals surface area (Å²) in [6.45, 7) is 0. The second-order valence-corrected chi connectivity index (χ2v) is 11.9. The van der Waals surface area contributed by atoms with Crippen molar-refractivity contribution in [3.05, 3.63) is 146 Å². The summed E-state index contributed by atoms with van der Waals surface area (Å²) in [5, 5.41) is 7.26. The number of anilines is 3. The highest BCUT2D eigenvalue weighted by molar-refractivity contribution is 7.26. The molecular formula is C39H24N2OS. The van der Waals surface area contributed by atoms with Gasteiger partial charge in [0.1, 0.15) is 11.2 Å². The maximum atomic E-state index is 6.14. The van der Waals surface area contributed by atoms with Gasteiger partial charge in [0.2, 0.25) is 0 Å². The number of thiophene rings is 1. The molecule has 0 radical (unpaired) electrons. The average molecular weight is 569 g/mol. The Hall–Kier alpha value is -5.45. The normalized spacial score (nSPS) is 11.7. The Labute approximate surface area is 251 Å². The monoisotopic (exact) mass is 568 g/mol. The van der Waals surface area contributed by atoms with Crippen molar-refractivity contribution in [1.82, 2.24) is 4.98 Å². The topological polar surface area (TPSA) is 29.3 Å². The van der Waals surface area contributed by atoms with Crippen LogP contribution < -0.4 is 4.90 Å². The van der Waals surface area contributed by atoms with Crippen molar-refractivity contribution in [2.45, 2.75) is 0 Å². The van der Waals surface area contributed by atoms with Gasteiger partial charge in [0, 0.05) is 65.8 Å². The number of benzene rings is 6. The summed E-state index contributed by atoms with van der Waals surface area (Å²) in [5.74, 6) is 0. The molecule has 0 unspecified atom stereocenters. The minimum atomic E-state index is 0.895. The molecule has 202 valence electrons. The molecule has 3 heterocycles. The maximum Gasteiger partial charge on any atom is 0.135 e. The number of hydrogen-bond acceptors (Lipinski definition) is 4. The fraction of sp³-hybridized carbons (Fsp3) is 0. The zero-order chi connectivity index (χ0) is 28.3. The lowest BCUT2D eigenvalue weighted by atomic mass is 10.0. The Bertz CT molecular complexity index is 2470. The van der Waals surface area contributed by atoms with E-state index in [0.717, 1.165) is 39.0 Å². The van der Waals surface area contributed by atoms with Gasteiger partial charge in [-0.05, 0) is 77.2 Å². The highest BCUT2D eigenvalue weighted by atomic mass is 32.1. The second kappa shape index (κ2) is 9.55. The summed E-state index contributed by atoms with van der Waals surface area (Å²) >= 11 is 1.85. The van der Waals surface area contributed by atoms with Crippen LogP contribution >= 0.6 is 11.3 Å². The van der Waals surface area contributed by atoms with Crippen LogP contribution in [-0.4, -0.2) is 4.98 Å². The van der Waals surface area contributed by atoms with Gasteiger partial charge in [0.25, 0.3) is 0 Å². The van der Waals surface area contributed by atoms with Crippen LogP contribution in [-0.2, 0) is 0 Å². The Balaban J connectivity index is 1.19. The van der Waals surface area contributed by atoms with Gasteiger partial charge in [-0.1, -0.05) is 72.8 Å². The van der Waals surface area contributed by atoms with Crippen molar-refractivity contribution in [3.63, 3.8) is 0 Å². The highest BCUT2D eigenvalue weighted by Crippen LogP contribution is 2.42. The largest absolute Gasteiger partial charge is 0.456 e. The van der Waals surface area contributed by atoms with Gasteiger partial charge < -0.3 is 9.32 Å². The molecule has 0 aliphatic heterocycles. The highest BCUT2D eigenvalue weighted by Gasteiger charge is 2.16. The first-order valence-electron chi connectivity index (χ1n) is 14.4. The van der Waals surface area contributed by atoms with Crippen LogP contribution in [0, 0.1) is 0 Å². The number of aromatic nitrogens is 1. The fourth-order valence-corrected chi connectivity index (χ4v) is 7.54. The Kier molecular flexibility index (Phi) is 5.37. The number of nitrogens with zero attached hydrogens (tertiary/aromatic N) is 2. The molecule has 3 aromatic heterocycles. The van der Waals surface area contributed by atoms with Crippen LogP contribution in [0.3, 0.4) is 0 Å². The molecule has 0 aliphatic carbocycles. The first kappa shape index (κ1) is 24.2. The number of rotatable bonds is 4. The van der Waals surface area contributed by atoms with E-state index in [4.69, 9.17) is 4.42 Å². The minimum absolute atomic E-state index is 0.895. The van der Waals surface area contributed by atoms with Crippen molar-refractivity contribution in [1.29, 1.82) is 0 Å². The van der Waals surface area contributed by atoms with E-state index in [1.165, 1.54) is 42.1 Å². The van der Waals surface area contributed by atoms with Crippen LogP contribution in [0.1, 0.15) is 0 Å². The lowest BCUT2D eigenvalue weighted by Crippen LogP contribution is -2.09. The summed E-state index contributed by atoms with van der Waals surface area (Å²) in [7, 11) is 0. The van der Waals surface area contributed by atoms with Crippen LogP contribution in [0.4, 0.5) is 17.1 Å². The number of furan rings is 1.